The summed E-state index contributed by atoms with van der Waals surface area (Å²) in [5.41, 5.74) is 0. The van der Waals surface area contributed by atoms with Crippen molar-refractivity contribution in [1.29, 1.82) is 0 Å². The molecule has 0 aromatic carbocycles. The summed E-state index contributed by atoms with van der Waals surface area (Å²) in [7, 11) is -1.77. The molecule has 1 atom stereocenters. The van der Waals surface area contributed by atoms with Crippen LogP contribution in [0.15, 0.2) is 22.0 Å². The standard InChI is InChI=1S/C6H4O4S/c7-3-4-1-2-5(6(8)9)11(4)10/h1-3H,(H,8,9). The zero-order chi connectivity index (χ0) is 8.43. The number of carbonyl (C=O) groups is 2. The van der Waals surface area contributed by atoms with Gasteiger partial charge in [0.1, 0.15) is 4.91 Å². The zero-order valence-corrected chi connectivity index (χ0v) is 6.13. The molecule has 11 heavy (non-hydrogen) atoms. The Balaban J connectivity index is 2.93. The summed E-state index contributed by atoms with van der Waals surface area (Å²) in [6.07, 6.45) is 2.80. The zero-order valence-electron chi connectivity index (χ0n) is 5.31. The fourth-order valence-corrected chi connectivity index (χ4v) is 1.53. The smallest absolute Gasteiger partial charge is 0.345 e. The van der Waals surface area contributed by atoms with Crippen LogP contribution in [-0.2, 0) is 20.4 Å². The molecule has 0 saturated heterocycles. The van der Waals surface area contributed by atoms with Gasteiger partial charge in [0.15, 0.2) is 6.29 Å². The van der Waals surface area contributed by atoms with Crippen LogP contribution in [0.2, 0.25) is 0 Å². The fourth-order valence-electron chi connectivity index (χ4n) is 0.642. The van der Waals surface area contributed by atoms with Crippen LogP contribution in [0.4, 0.5) is 0 Å². The molecule has 1 unspecified atom stereocenters. The third kappa shape index (κ3) is 1.27. The number of hydrogen-bond donors (Lipinski definition) is 1. The molecule has 0 bridgehead atoms. The molecule has 0 aliphatic carbocycles. The van der Waals surface area contributed by atoms with Gasteiger partial charge in [-0.2, -0.15) is 0 Å². The Morgan fingerprint density at radius 1 is 1.55 bits per heavy atom. The van der Waals surface area contributed by atoms with E-state index in [1.54, 1.807) is 0 Å². The van der Waals surface area contributed by atoms with Gasteiger partial charge in [-0.25, -0.2) is 9.00 Å². The van der Waals surface area contributed by atoms with Crippen molar-refractivity contribution in [3.8, 4) is 0 Å². The molecule has 1 rings (SSSR count). The van der Waals surface area contributed by atoms with Gasteiger partial charge in [0, 0.05) is 0 Å². The Labute approximate surface area is 64.7 Å². The summed E-state index contributed by atoms with van der Waals surface area (Å²) in [6, 6.07) is 0. The van der Waals surface area contributed by atoms with E-state index in [1.165, 1.54) is 12.2 Å². The number of rotatable bonds is 2. The van der Waals surface area contributed by atoms with E-state index in [4.69, 9.17) is 5.11 Å². The summed E-state index contributed by atoms with van der Waals surface area (Å²) in [5.74, 6) is -1.25. The van der Waals surface area contributed by atoms with E-state index in [0.29, 0.717) is 6.29 Å². The van der Waals surface area contributed by atoms with Crippen molar-refractivity contribution in [2.24, 2.45) is 0 Å². The second-order valence-corrected chi connectivity index (χ2v) is 3.24. The Morgan fingerprint density at radius 3 is 2.45 bits per heavy atom. The van der Waals surface area contributed by atoms with Crippen LogP contribution in [0, 0.1) is 0 Å². The van der Waals surface area contributed by atoms with Crippen LogP contribution >= 0.6 is 0 Å². The second-order valence-electron chi connectivity index (χ2n) is 1.79. The van der Waals surface area contributed by atoms with E-state index in [-0.39, 0.29) is 9.81 Å². The molecule has 58 valence electrons. The fraction of sp³-hybridized carbons (Fsp3) is 0. The molecule has 0 aromatic rings. The van der Waals surface area contributed by atoms with Crippen molar-refractivity contribution in [3.05, 3.63) is 22.0 Å². The van der Waals surface area contributed by atoms with Crippen LogP contribution in [0.1, 0.15) is 0 Å². The molecule has 0 fully saturated rings. The average Bonchev–Trinajstić information content (AvgIpc) is 2.30. The van der Waals surface area contributed by atoms with E-state index < -0.39 is 16.8 Å². The first-order valence-corrected chi connectivity index (χ1v) is 3.84. The summed E-state index contributed by atoms with van der Waals surface area (Å²) < 4.78 is 10.9. The van der Waals surface area contributed by atoms with Gasteiger partial charge in [0.2, 0.25) is 0 Å². The maximum Gasteiger partial charge on any atom is 0.345 e. The molecular weight excluding hydrogens is 168 g/mol. The van der Waals surface area contributed by atoms with Crippen molar-refractivity contribution in [2.75, 3.05) is 0 Å². The predicted octanol–water partition coefficient (Wildman–Crippen LogP) is -0.200. The minimum atomic E-state index is -1.77. The Hall–Kier alpha value is -1.23. The molecule has 0 amide bonds. The molecule has 0 saturated carbocycles. The van der Waals surface area contributed by atoms with Crippen molar-refractivity contribution in [3.63, 3.8) is 0 Å². The number of hydrogen-bond acceptors (Lipinski definition) is 3. The lowest BCUT2D eigenvalue weighted by atomic mass is 10.4. The van der Waals surface area contributed by atoms with Crippen LogP contribution in [0.3, 0.4) is 0 Å². The minimum absolute atomic E-state index is 0.00222. The molecule has 0 aromatic heterocycles. The van der Waals surface area contributed by atoms with E-state index in [1.807, 2.05) is 0 Å². The normalized spacial score (nSPS) is 22.4. The highest BCUT2D eigenvalue weighted by atomic mass is 32.2. The van der Waals surface area contributed by atoms with Crippen LogP contribution in [-0.4, -0.2) is 21.6 Å². The number of aldehydes is 1. The van der Waals surface area contributed by atoms with Gasteiger partial charge in [-0.15, -0.1) is 0 Å². The van der Waals surface area contributed by atoms with Gasteiger partial charge in [-0.3, -0.25) is 4.79 Å². The van der Waals surface area contributed by atoms with Crippen LogP contribution < -0.4 is 0 Å². The van der Waals surface area contributed by atoms with Gasteiger partial charge in [-0.05, 0) is 12.2 Å². The molecule has 4 nitrogen and oxygen atoms in total. The molecule has 1 aliphatic rings. The number of carboxylic acid groups (broad SMARTS) is 1. The van der Waals surface area contributed by atoms with E-state index in [2.05, 4.69) is 0 Å². The number of carbonyl (C=O) groups excluding carboxylic acids is 1. The largest absolute Gasteiger partial charge is 0.477 e. The summed E-state index contributed by atoms with van der Waals surface area (Å²) in [5, 5.41) is 8.39. The SMILES string of the molecule is O=CC1=CC=C(C(=O)O)S1=O. The molecule has 0 radical (unpaired) electrons. The first-order chi connectivity index (χ1) is 5.16. The maximum absolute atomic E-state index is 10.9. The average molecular weight is 172 g/mol. The first-order valence-electron chi connectivity index (χ1n) is 2.69. The van der Waals surface area contributed by atoms with Gasteiger partial charge in [0.05, 0.1) is 15.7 Å². The lowest BCUT2D eigenvalue weighted by Gasteiger charge is -1.92. The quantitative estimate of drug-likeness (QED) is 0.585. The van der Waals surface area contributed by atoms with Gasteiger partial charge in [0.25, 0.3) is 0 Å². The number of carboxylic acids is 1. The number of aliphatic carboxylic acids is 1. The Morgan fingerprint density at radius 2 is 2.18 bits per heavy atom. The molecule has 1 aliphatic heterocycles. The molecule has 0 spiro atoms. The molecular formula is C6H4O4S. The van der Waals surface area contributed by atoms with Crippen molar-refractivity contribution < 1.29 is 18.9 Å². The Bertz CT molecular complexity index is 300. The second kappa shape index (κ2) is 2.79. The van der Waals surface area contributed by atoms with Crippen LogP contribution in [0.5, 0.6) is 0 Å². The minimum Gasteiger partial charge on any atom is -0.477 e. The van der Waals surface area contributed by atoms with Gasteiger partial charge < -0.3 is 5.11 Å². The maximum atomic E-state index is 10.9. The summed E-state index contributed by atoms with van der Waals surface area (Å²) in [6.45, 7) is 0. The van der Waals surface area contributed by atoms with Crippen molar-refractivity contribution >= 4 is 23.1 Å². The summed E-state index contributed by atoms with van der Waals surface area (Å²) >= 11 is 0. The third-order valence-corrected chi connectivity index (χ3v) is 2.51. The number of allylic oxidation sites excluding steroid dienone is 3. The highest BCUT2D eigenvalue weighted by Gasteiger charge is 2.22. The first kappa shape index (κ1) is 7.87. The topological polar surface area (TPSA) is 71.4 Å². The molecule has 1 heterocycles. The highest BCUT2D eigenvalue weighted by Crippen LogP contribution is 2.17. The van der Waals surface area contributed by atoms with Crippen LogP contribution in [0.25, 0.3) is 0 Å². The Kier molecular flexibility index (Phi) is 2.00. The summed E-state index contributed by atoms with van der Waals surface area (Å²) in [4.78, 5) is 20.1. The van der Waals surface area contributed by atoms with Gasteiger partial charge in [-0.1, -0.05) is 0 Å². The molecule has 1 N–H and O–H groups in total. The third-order valence-electron chi connectivity index (χ3n) is 1.14. The van der Waals surface area contributed by atoms with E-state index in [0.717, 1.165) is 0 Å². The lowest BCUT2D eigenvalue weighted by Crippen LogP contribution is -2.05. The van der Waals surface area contributed by atoms with Gasteiger partial charge >= 0.3 is 5.97 Å². The molecule has 5 heteroatoms. The lowest BCUT2D eigenvalue weighted by molar-refractivity contribution is -0.131. The van der Waals surface area contributed by atoms with E-state index in [9.17, 15) is 13.8 Å². The highest BCUT2D eigenvalue weighted by molar-refractivity contribution is 7.94. The van der Waals surface area contributed by atoms with Crippen molar-refractivity contribution in [1.82, 2.24) is 0 Å². The van der Waals surface area contributed by atoms with E-state index >= 15 is 0 Å². The van der Waals surface area contributed by atoms with Crippen molar-refractivity contribution in [2.45, 2.75) is 0 Å². The predicted molar refractivity (Wildman–Crippen MR) is 38.0 cm³/mol. The monoisotopic (exact) mass is 172 g/mol.